The number of amides is 1. The van der Waals surface area contributed by atoms with E-state index < -0.39 is 31.9 Å². The van der Waals surface area contributed by atoms with Gasteiger partial charge in [-0.2, -0.15) is 0 Å². The van der Waals surface area contributed by atoms with Gasteiger partial charge < -0.3 is 10.00 Å². The average molecular weight is 404 g/mol. The van der Waals surface area contributed by atoms with Gasteiger partial charge in [0.25, 0.3) is 5.91 Å². The van der Waals surface area contributed by atoms with E-state index in [4.69, 9.17) is 4.52 Å². The molecule has 0 spiro atoms. The van der Waals surface area contributed by atoms with E-state index in [1.165, 1.54) is 12.1 Å². The second-order valence-corrected chi connectivity index (χ2v) is 7.59. The summed E-state index contributed by atoms with van der Waals surface area (Å²) < 4.78 is 16.8. The third kappa shape index (κ3) is 7.17. The van der Waals surface area contributed by atoms with E-state index in [0.717, 1.165) is 11.1 Å². The fourth-order valence-electron chi connectivity index (χ4n) is 2.21. The lowest BCUT2D eigenvalue weighted by molar-refractivity contribution is -0.129. The SMILES string of the molecule is Cc1ccc(C(=O)N=C(COP(=O)(O)NCCc2ccccc2)C(=O)O)cc1. The summed E-state index contributed by atoms with van der Waals surface area (Å²) in [6.07, 6.45) is 0.487. The first-order chi connectivity index (χ1) is 13.3. The minimum absolute atomic E-state index is 0.152. The van der Waals surface area contributed by atoms with Gasteiger partial charge in [0.15, 0.2) is 5.71 Å². The molecule has 148 valence electrons. The highest BCUT2D eigenvalue weighted by molar-refractivity contribution is 7.50. The summed E-state index contributed by atoms with van der Waals surface area (Å²) in [6, 6.07) is 15.7. The highest BCUT2D eigenvalue weighted by atomic mass is 31.2. The van der Waals surface area contributed by atoms with Crippen molar-refractivity contribution in [2.24, 2.45) is 4.99 Å². The van der Waals surface area contributed by atoms with Crippen LogP contribution in [0.4, 0.5) is 0 Å². The van der Waals surface area contributed by atoms with Gasteiger partial charge in [-0.3, -0.25) is 9.32 Å². The fourth-order valence-corrected chi connectivity index (χ4v) is 2.99. The summed E-state index contributed by atoms with van der Waals surface area (Å²) >= 11 is 0. The van der Waals surface area contributed by atoms with Gasteiger partial charge >= 0.3 is 13.7 Å². The molecule has 0 saturated carbocycles. The fraction of sp³-hybridized carbons (Fsp3) is 0.211. The van der Waals surface area contributed by atoms with Crippen LogP contribution in [0.2, 0.25) is 0 Å². The standard InChI is InChI=1S/C19H21N2O6P/c1-14-7-9-16(10-8-14)18(22)21-17(19(23)24)13-27-28(25,26)20-12-11-15-5-3-2-4-6-15/h2-10H,11-13H2,1H3,(H,23,24)(H2,20,25,26). The highest BCUT2D eigenvalue weighted by Gasteiger charge is 2.22. The van der Waals surface area contributed by atoms with Crippen LogP contribution in [0.15, 0.2) is 59.6 Å². The molecular weight excluding hydrogens is 383 g/mol. The van der Waals surface area contributed by atoms with E-state index in [9.17, 15) is 24.2 Å². The van der Waals surface area contributed by atoms with Crippen molar-refractivity contribution in [1.82, 2.24) is 5.09 Å². The lowest BCUT2D eigenvalue weighted by atomic mass is 10.1. The number of aliphatic carboxylic acids is 1. The molecule has 0 aromatic heterocycles. The number of carbonyl (C=O) groups excluding carboxylic acids is 1. The Hall–Kier alpha value is -2.64. The molecule has 1 unspecified atom stereocenters. The molecule has 0 radical (unpaired) electrons. The molecule has 1 amide bonds. The maximum absolute atomic E-state index is 12.1. The quantitative estimate of drug-likeness (QED) is 0.433. The first-order valence-electron chi connectivity index (χ1n) is 8.45. The molecule has 9 heteroatoms. The van der Waals surface area contributed by atoms with Gasteiger partial charge in [-0.05, 0) is 31.0 Å². The van der Waals surface area contributed by atoms with Crippen molar-refractivity contribution in [3.63, 3.8) is 0 Å². The third-order valence-corrected chi connectivity index (χ3v) is 4.83. The van der Waals surface area contributed by atoms with Gasteiger partial charge in [0.05, 0.1) is 0 Å². The van der Waals surface area contributed by atoms with E-state index in [1.807, 2.05) is 37.3 Å². The molecule has 2 aromatic carbocycles. The molecular formula is C19H21N2O6P. The van der Waals surface area contributed by atoms with E-state index >= 15 is 0 Å². The van der Waals surface area contributed by atoms with Gasteiger partial charge in [-0.15, -0.1) is 0 Å². The van der Waals surface area contributed by atoms with Crippen LogP contribution in [0.3, 0.4) is 0 Å². The normalized spacial score (nSPS) is 13.7. The molecule has 2 aromatic rings. The summed E-state index contributed by atoms with van der Waals surface area (Å²) in [5.41, 5.74) is 1.44. The van der Waals surface area contributed by atoms with Crippen molar-refractivity contribution in [2.45, 2.75) is 13.3 Å². The van der Waals surface area contributed by atoms with Gasteiger partial charge in [-0.25, -0.2) is 19.4 Å². The molecule has 3 N–H and O–H groups in total. The zero-order valence-corrected chi connectivity index (χ0v) is 16.1. The number of carbonyl (C=O) groups is 2. The number of hydrogen-bond acceptors (Lipinski definition) is 4. The summed E-state index contributed by atoms with van der Waals surface area (Å²) in [5.74, 6) is -2.28. The maximum Gasteiger partial charge on any atom is 0.403 e. The van der Waals surface area contributed by atoms with Gasteiger partial charge in [0.2, 0.25) is 0 Å². The van der Waals surface area contributed by atoms with Crippen molar-refractivity contribution < 1.29 is 28.7 Å². The van der Waals surface area contributed by atoms with Crippen LogP contribution in [0.25, 0.3) is 0 Å². The van der Waals surface area contributed by atoms with Crippen LogP contribution in [-0.2, 0) is 20.3 Å². The number of carboxylic acid groups (broad SMARTS) is 1. The lowest BCUT2D eigenvalue weighted by Gasteiger charge is -2.13. The number of aryl methyl sites for hydroxylation is 1. The van der Waals surface area contributed by atoms with Gasteiger partial charge in [-0.1, -0.05) is 48.0 Å². The van der Waals surface area contributed by atoms with Crippen molar-refractivity contribution in [3.05, 3.63) is 71.3 Å². The number of aliphatic imine (C=N–C) groups is 1. The Bertz CT molecular complexity index is 896. The first kappa shape index (κ1) is 21.7. The van der Waals surface area contributed by atoms with Gasteiger partial charge in [0.1, 0.15) is 6.61 Å². The number of carboxylic acids is 1. The second-order valence-electron chi connectivity index (χ2n) is 5.97. The average Bonchev–Trinajstić information content (AvgIpc) is 2.66. The van der Waals surface area contributed by atoms with Crippen LogP contribution in [0.1, 0.15) is 21.5 Å². The van der Waals surface area contributed by atoms with Crippen molar-refractivity contribution in [1.29, 1.82) is 0 Å². The third-order valence-electron chi connectivity index (χ3n) is 3.73. The zero-order valence-electron chi connectivity index (χ0n) is 15.2. The lowest BCUT2D eigenvalue weighted by Crippen LogP contribution is -2.23. The number of benzene rings is 2. The summed E-state index contributed by atoms with van der Waals surface area (Å²) in [5, 5.41) is 11.5. The zero-order chi connectivity index (χ0) is 20.6. The van der Waals surface area contributed by atoms with Crippen LogP contribution in [-0.4, -0.2) is 40.7 Å². The number of nitrogens with one attached hydrogen (secondary N) is 1. The molecule has 28 heavy (non-hydrogen) atoms. The largest absolute Gasteiger partial charge is 0.477 e. The minimum Gasteiger partial charge on any atom is -0.477 e. The van der Waals surface area contributed by atoms with E-state index in [-0.39, 0.29) is 12.1 Å². The topological polar surface area (TPSA) is 125 Å². The minimum atomic E-state index is -4.25. The molecule has 0 fully saturated rings. The molecule has 8 nitrogen and oxygen atoms in total. The molecule has 0 aliphatic carbocycles. The maximum atomic E-state index is 12.1. The Morgan fingerprint density at radius 3 is 2.36 bits per heavy atom. The second kappa shape index (κ2) is 10.1. The smallest absolute Gasteiger partial charge is 0.403 e. The van der Waals surface area contributed by atoms with E-state index in [0.29, 0.717) is 6.42 Å². The Kier molecular flexibility index (Phi) is 7.78. The van der Waals surface area contributed by atoms with E-state index in [2.05, 4.69) is 10.1 Å². The summed E-state index contributed by atoms with van der Waals surface area (Å²) in [6.45, 7) is 1.20. The van der Waals surface area contributed by atoms with Crippen LogP contribution < -0.4 is 5.09 Å². The molecule has 0 saturated heterocycles. The molecule has 1 atom stereocenters. The molecule has 0 aliphatic rings. The van der Waals surface area contributed by atoms with Crippen molar-refractivity contribution in [2.75, 3.05) is 13.2 Å². The van der Waals surface area contributed by atoms with Crippen LogP contribution in [0.5, 0.6) is 0 Å². The van der Waals surface area contributed by atoms with Crippen LogP contribution >= 0.6 is 7.75 Å². The van der Waals surface area contributed by atoms with Crippen molar-refractivity contribution in [3.8, 4) is 0 Å². The van der Waals surface area contributed by atoms with Gasteiger partial charge in [0, 0.05) is 12.1 Å². The van der Waals surface area contributed by atoms with Crippen molar-refractivity contribution >= 4 is 25.3 Å². The highest BCUT2D eigenvalue weighted by Crippen LogP contribution is 2.36. The monoisotopic (exact) mass is 404 g/mol. The predicted octanol–water partition coefficient (Wildman–Crippen LogP) is 2.61. The Balaban J connectivity index is 1.93. The molecule has 0 heterocycles. The molecule has 2 rings (SSSR count). The Labute approximate surface area is 162 Å². The predicted molar refractivity (Wildman–Crippen MR) is 105 cm³/mol. The number of hydrogen-bond donors (Lipinski definition) is 3. The Morgan fingerprint density at radius 1 is 1.11 bits per heavy atom. The molecule has 0 bridgehead atoms. The van der Waals surface area contributed by atoms with Crippen LogP contribution in [0, 0.1) is 6.92 Å². The first-order valence-corrected chi connectivity index (χ1v) is 10.0. The molecule has 0 aliphatic heterocycles. The Morgan fingerprint density at radius 2 is 1.75 bits per heavy atom. The summed E-state index contributed by atoms with van der Waals surface area (Å²) in [7, 11) is -4.25. The number of nitrogens with zero attached hydrogens (tertiary/aromatic N) is 1. The van der Waals surface area contributed by atoms with E-state index in [1.54, 1.807) is 12.1 Å². The number of rotatable bonds is 9. The summed E-state index contributed by atoms with van der Waals surface area (Å²) in [4.78, 5) is 36.6.